The van der Waals surface area contributed by atoms with Gasteiger partial charge in [0.1, 0.15) is 0 Å². The Hall–Kier alpha value is -0.820. The Morgan fingerprint density at radius 2 is 2.00 bits per heavy atom. The monoisotopic (exact) mass is 161 g/mol. The lowest BCUT2D eigenvalue weighted by molar-refractivity contribution is 0.631. The van der Waals surface area contributed by atoms with Crippen LogP contribution in [-0.2, 0) is 0 Å². The molecule has 1 aromatic rings. The van der Waals surface area contributed by atoms with Crippen molar-refractivity contribution in [3.63, 3.8) is 0 Å². The van der Waals surface area contributed by atoms with Gasteiger partial charge in [-0.05, 0) is 30.7 Å². The Labute approximate surface area is 73.6 Å². The zero-order chi connectivity index (χ0) is 8.55. The zero-order valence-corrected chi connectivity index (χ0v) is 7.40. The van der Waals surface area contributed by atoms with Crippen LogP contribution in [0.2, 0.25) is 0 Å². The second kappa shape index (κ2) is 2.91. The minimum Gasteiger partial charge on any atom is -0.328 e. The summed E-state index contributed by atoms with van der Waals surface area (Å²) in [5.74, 6) is 1.47. The van der Waals surface area contributed by atoms with Gasteiger partial charge in [0.25, 0.3) is 0 Å². The first kappa shape index (κ1) is 7.81. The average molecular weight is 161 g/mol. The minimum atomic E-state index is 0.357. The molecule has 3 unspecified atom stereocenters. The van der Waals surface area contributed by atoms with E-state index < -0.39 is 0 Å². The molecule has 1 fully saturated rings. The van der Waals surface area contributed by atoms with Crippen LogP contribution in [0.5, 0.6) is 0 Å². The first-order valence-electron chi connectivity index (χ1n) is 4.59. The highest BCUT2D eigenvalue weighted by atomic mass is 14.7. The van der Waals surface area contributed by atoms with Crippen LogP contribution in [0.4, 0.5) is 0 Å². The summed E-state index contributed by atoms with van der Waals surface area (Å²) in [5, 5.41) is 0. The molecule has 1 aliphatic rings. The fourth-order valence-corrected chi connectivity index (χ4v) is 1.88. The lowest BCUT2D eigenvalue weighted by Gasteiger charge is -2.02. The molecule has 0 aliphatic heterocycles. The van der Waals surface area contributed by atoms with Crippen molar-refractivity contribution in [3.05, 3.63) is 35.9 Å². The molecule has 1 saturated carbocycles. The van der Waals surface area contributed by atoms with Crippen LogP contribution in [0.3, 0.4) is 0 Å². The van der Waals surface area contributed by atoms with Crippen molar-refractivity contribution in [2.45, 2.75) is 25.3 Å². The normalized spacial score (nSPS) is 29.8. The molecular formula is C11H15N. The number of hydrogen-bond acceptors (Lipinski definition) is 1. The molecule has 1 heteroatoms. The SMILES string of the molecule is CC(N)C1CC1c1ccccc1. The van der Waals surface area contributed by atoms with Gasteiger partial charge in [-0.15, -0.1) is 0 Å². The third-order valence-corrected chi connectivity index (χ3v) is 2.74. The third-order valence-electron chi connectivity index (χ3n) is 2.74. The van der Waals surface area contributed by atoms with Crippen molar-refractivity contribution in [2.75, 3.05) is 0 Å². The van der Waals surface area contributed by atoms with E-state index in [4.69, 9.17) is 5.73 Å². The van der Waals surface area contributed by atoms with Gasteiger partial charge in [0.15, 0.2) is 0 Å². The molecule has 12 heavy (non-hydrogen) atoms. The van der Waals surface area contributed by atoms with Crippen LogP contribution < -0.4 is 5.73 Å². The highest BCUT2D eigenvalue weighted by Gasteiger charge is 2.40. The minimum absolute atomic E-state index is 0.357. The molecule has 0 radical (unpaired) electrons. The lowest BCUT2D eigenvalue weighted by atomic mass is 10.1. The van der Waals surface area contributed by atoms with E-state index in [1.165, 1.54) is 12.0 Å². The smallest absolute Gasteiger partial charge is 0.00448 e. The van der Waals surface area contributed by atoms with Gasteiger partial charge in [0.05, 0.1) is 0 Å². The quantitative estimate of drug-likeness (QED) is 0.706. The molecule has 0 spiro atoms. The molecule has 3 atom stereocenters. The van der Waals surface area contributed by atoms with E-state index in [1.54, 1.807) is 0 Å². The van der Waals surface area contributed by atoms with Crippen molar-refractivity contribution in [3.8, 4) is 0 Å². The maximum atomic E-state index is 5.83. The molecule has 0 aromatic heterocycles. The highest BCUT2D eigenvalue weighted by Crippen LogP contribution is 2.48. The highest BCUT2D eigenvalue weighted by molar-refractivity contribution is 5.26. The molecule has 2 N–H and O–H groups in total. The van der Waals surface area contributed by atoms with Crippen molar-refractivity contribution in [1.82, 2.24) is 0 Å². The molecule has 0 bridgehead atoms. The van der Waals surface area contributed by atoms with Gasteiger partial charge >= 0.3 is 0 Å². The van der Waals surface area contributed by atoms with E-state index >= 15 is 0 Å². The largest absolute Gasteiger partial charge is 0.328 e. The lowest BCUT2D eigenvalue weighted by Crippen LogP contribution is -2.17. The number of nitrogens with two attached hydrogens (primary N) is 1. The molecular weight excluding hydrogens is 146 g/mol. The first-order valence-corrected chi connectivity index (χ1v) is 4.59. The second-order valence-electron chi connectivity index (χ2n) is 3.78. The van der Waals surface area contributed by atoms with Crippen molar-refractivity contribution >= 4 is 0 Å². The van der Waals surface area contributed by atoms with Crippen LogP contribution in [0.15, 0.2) is 30.3 Å². The van der Waals surface area contributed by atoms with Crippen molar-refractivity contribution in [1.29, 1.82) is 0 Å². The first-order chi connectivity index (χ1) is 5.79. The van der Waals surface area contributed by atoms with Crippen LogP contribution in [-0.4, -0.2) is 6.04 Å². The number of benzene rings is 1. The summed E-state index contributed by atoms with van der Waals surface area (Å²) < 4.78 is 0. The number of rotatable bonds is 2. The zero-order valence-electron chi connectivity index (χ0n) is 7.40. The van der Waals surface area contributed by atoms with E-state index in [0.29, 0.717) is 6.04 Å². The molecule has 2 rings (SSSR count). The number of hydrogen-bond donors (Lipinski definition) is 1. The molecule has 1 nitrogen and oxygen atoms in total. The van der Waals surface area contributed by atoms with Gasteiger partial charge < -0.3 is 5.73 Å². The Bertz CT molecular complexity index is 253. The van der Waals surface area contributed by atoms with Gasteiger partial charge in [0.2, 0.25) is 0 Å². The Kier molecular flexibility index (Phi) is 1.89. The van der Waals surface area contributed by atoms with Gasteiger partial charge in [-0.2, -0.15) is 0 Å². The molecule has 0 amide bonds. The summed E-state index contributed by atoms with van der Waals surface area (Å²) in [5.41, 5.74) is 7.28. The predicted octanol–water partition coefficient (Wildman–Crippen LogP) is 2.14. The molecule has 64 valence electrons. The summed E-state index contributed by atoms with van der Waals surface area (Å²) in [7, 11) is 0. The van der Waals surface area contributed by atoms with Gasteiger partial charge in [-0.3, -0.25) is 0 Å². The van der Waals surface area contributed by atoms with Crippen molar-refractivity contribution in [2.24, 2.45) is 11.7 Å². The summed E-state index contributed by atoms with van der Waals surface area (Å²) in [6.07, 6.45) is 1.28. The van der Waals surface area contributed by atoms with E-state index in [0.717, 1.165) is 11.8 Å². The molecule has 0 heterocycles. The topological polar surface area (TPSA) is 26.0 Å². The molecule has 0 saturated heterocycles. The fraction of sp³-hybridized carbons (Fsp3) is 0.455. The van der Waals surface area contributed by atoms with E-state index in [-0.39, 0.29) is 0 Å². The Morgan fingerprint density at radius 1 is 1.33 bits per heavy atom. The fourth-order valence-electron chi connectivity index (χ4n) is 1.88. The maximum absolute atomic E-state index is 5.83. The van der Waals surface area contributed by atoms with Crippen LogP contribution in [0, 0.1) is 5.92 Å². The Morgan fingerprint density at radius 3 is 2.50 bits per heavy atom. The van der Waals surface area contributed by atoms with Gasteiger partial charge in [-0.25, -0.2) is 0 Å². The Balaban J connectivity index is 2.06. The standard InChI is InChI=1S/C11H15N/c1-8(12)10-7-11(10)9-5-3-2-4-6-9/h2-6,8,10-11H,7,12H2,1H3. The third kappa shape index (κ3) is 1.37. The predicted molar refractivity (Wildman–Crippen MR) is 50.9 cm³/mol. The maximum Gasteiger partial charge on any atom is 0.00448 e. The summed E-state index contributed by atoms with van der Waals surface area (Å²) in [4.78, 5) is 0. The molecule has 1 aromatic carbocycles. The van der Waals surface area contributed by atoms with Crippen LogP contribution >= 0.6 is 0 Å². The van der Waals surface area contributed by atoms with E-state index in [1.807, 2.05) is 0 Å². The van der Waals surface area contributed by atoms with E-state index in [2.05, 4.69) is 37.3 Å². The average Bonchev–Trinajstić information content (AvgIpc) is 2.84. The van der Waals surface area contributed by atoms with Gasteiger partial charge in [-0.1, -0.05) is 30.3 Å². The van der Waals surface area contributed by atoms with Crippen LogP contribution in [0.1, 0.15) is 24.8 Å². The molecule has 1 aliphatic carbocycles. The summed E-state index contributed by atoms with van der Waals surface area (Å²) in [6.45, 7) is 2.10. The van der Waals surface area contributed by atoms with Crippen LogP contribution in [0.25, 0.3) is 0 Å². The van der Waals surface area contributed by atoms with Crippen molar-refractivity contribution < 1.29 is 0 Å². The van der Waals surface area contributed by atoms with E-state index in [9.17, 15) is 0 Å². The second-order valence-corrected chi connectivity index (χ2v) is 3.78. The summed E-state index contributed by atoms with van der Waals surface area (Å²) in [6, 6.07) is 11.0. The summed E-state index contributed by atoms with van der Waals surface area (Å²) >= 11 is 0. The van der Waals surface area contributed by atoms with Gasteiger partial charge in [0, 0.05) is 6.04 Å².